The molecular formula is C17H22N2O2. The molecular weight excluding hydrogens is 264 g/mol. The van der Waals surface area contributed by atoms with Crippen LogP contribution < -0.4 is 0 Å². The van der Waals surface area contributed by atoms with E-state index in [1.807, 2.05) is 18.0 Å². The van der Waals surface area contributed by atoms with Crippen LogP contribution in [-0.4, -0.2) is 41.6 Å². The minimum atomic E-state index is 0.230. The van der Waals surface area contributed by atoms with Crippen molar-refractivity contribution in [3.05, 3.63) is 35.5 Å². The molecule has 0 saturated carbocycles. The van der Waals surface area contributed by atoms with Crippen molar-refractivity contribution >= 4 is 16.8 Å². The lowest BCUT2D eigenvalue weighted by molar-refractivity contribution is -0.144. The van der Waals surface area contributed by atoms with Gasteiger partial charge in [0, 0.05) is 43.2 Å². The van der Waals surface area contributed by atoms with Gasteiger partial charge in [-0.2, -0.15) is 0 Å². The van der Waals surface area contributed by atoms with E-state index in [1.165, 1.54) is 16.5 Å². The molecule has 0 radical (unpaired) electrons. The van der Waals surface area contributed by atoms with Crippen molar-refractivity contribution in [1.29, 1.82) is 0 Å². The monoisotopic (exact) mass is 286 g/mol. The number of nitrogens with zero attached hydrogens (tertiary/aromatic N) is 1. The van der Waals surface area contributed by atoms with Gasteiger partial charge in [0.05, 0.1) is 6.10 Å². The highest BCUT2D eigenvalue weighted by Crippen LogP contribution is 2.22. The molecule has 1 N–H and O–H groups in total. The number of aromatic nitrogens is 1. The third kappa shape index (κ3) is 2.95. The Bertz CT molecular complexity index is 641. The lowest BCUT2D eigenvalue weighted by atomic mass is 10.0. The zero-order valence-electron chi connectivity index (χ0n) is 12.7. The Morgan fingerprint density at radius 1 is 1.43 bits per heavy atom. The van der Waals surface area contributed by atoms with Gasteiger partial charge < -0.3 is 14.6 Å². The molecule has 1 saturated heterocycles. The van der Waals surface area contributed by atoms with Crippen molar-refractivity contribution < 1.29 is 9.53 Å². The van der Waals surface area contributed by atoms with Gasteiger partial charge in [0.25, 0.3) is 0 Å². The van der Waals surface area contributed by atoms with Crippen LogP contribution in [0.25, 0.3) is 10.9 Å². The predicted octanol–water partition coefficient (Wildman–Crippen LogP) is 2.66. The minimum absolute atomic E-state index is 0.230. The highest BCUT2D eigenvalue weighted by atomic mass is 16.5. The van der Waals surface area contributed by atoms with Gasteiger partial charge in [0.15, 0.2) is 0 Å². The molecule has 1 fully saturated rings. The summed E-state index contributed by atoms with van der Waals surface area (Å²) in [5.74, 6) is 0.230. The van der Waals surface area contributed by atoms with Gasteiger partial charge in [-0.15, -0.1) is 0 Å². The second-order valence-electron chi connectivity index (χ2n) is 5.74. The van der Waals surface area contributed by atoms with E-state index in [1.54, 1.807) is 0 Å². The van der Waals surface area contributed by atoms with E-state index in [-0.39, 0.29) is 12.0 Å². The van der Waals surface area contributed by atoms with Crippen LogP contribution >= 0.6 is 0 Å². The van der Waals surface area contributed by atoms with Crippen molar-refractivity contribution in [3.8, 4) is 0 Å². The molecule has 1 aliphatic heterocycles. The number of amides is 1. The first-order chi connectivity index (χ1) is 10.2. The quantitative estimate of drug-likeness (QED) is 0.918. The molecule has 0 bridgehead atoms. The molecule has 1 aliphatic rings. The Morgan fingerprint density at radius 3 is 3.00 bits per heavy atom. The van der Waals surface area contributed by atoms with Crippen molar-refractivity contribution in [3.63, 3.8) is 0 Å². The number of ether oxygens (including phenoxy) is 1. The number of nitrogens with one attached hydrogen (secondary N) is 1. The molecule has 0 unspecified atom stereocenters. The summed E-state index contributed by atoms with van der Waals surface area (Å²) in [5.41, 5.74) is 3.62. The molecule has 1 aromatic heterocycles. The number of aromatic amines is 1. The van der Waals surface area contributed by atoms with Crippen molar-refractivity contribution in [1.82, 2.24) is 9.88 Å². The summed E-state index contributed by atoms with van der Waals surface area (Å²) in [6.07, 6.45) is 3.63. The first-order valence-electron chi connectivity index (χ1n) is 7.63. The number of benzene rings is 1. The fourth-order valence-electron chi connectivity index (χ4n) is 2.88. The number of H-pyrrole nitrogens is 1. The van der Waals surface area contributed by atoms with Crippen LogP contribution in [0.4, 0.5) is 0 Å². The standard InChI is InChI=1S/C17H22N2O2/c1-3-21-14-10-19(11-14)17(20)7-5-13-9-18-16-6-4-12(2)8-15(13)16/h4,6,8-9,14,18H,3,5,7,10-11H2,1-2H3. The topological polar surface area (TPSA) is 45.3 Å². The average Bonchev–Trinajstić information content (AvgIpc) is 2.82. The Kier molecular flexibility index (Phi) is 3.97. The zero-order valence-corrected chi connectivity index (χ0v) is 12.7. The highest BCUT2D eigenvalue weighted by Gasteiger charge is 2.30. The van der Waals surface area contributed by atoms with Gasteiger partial charge in [-0.1, -0.05) is 11.6 Å². The van der Waals surface area contributed by atoms with Gasteiger partial charge in [-0.05, 0) is 38.0 Å². The normalized spacial score (nSPS) is 15.4. The van der Waals surface area contributed by atoms with E-state index in [4.69, 9.17) is 4.74 Å². The molecule has 0 aliphatic carbocycles. The van der Waals surface area contributed by atoms with E-state index in [2.05, 4.69) is 30.1 Å². The number of rotatable bonds is 5. The Labute approximate surface area is 125 Å². The predicted molar refractivity (Wildman–Crippen MR) is 83.4 cm³/mol. The summed E-state index contributed by atoms with van der Waals surface area (Å²) < 4.78 is 5.48. The lowest BCUT2D eigenvalue weighted by Gasteiger charge is -2.38. The third-order valence-corrected chi connectivity index (χ3v) is 4.13. The first kappa shape index (κ1) is 14.1. The number of carbonyl (C=O) groups is 1. The lowest BCUT2D eigenvalue weighted by Crippen LogP contribution is -2.54. The van der Waals surface area contributed by atoms with E-state index in [9.17, 15) is 4.79 Å². The minimum Gasteiger partial charge on any atom is -0.375 e. The maximum Gasteiger partial charge on any atom is 0.223 e. The Morgan fingerprint density at radius 2 is 2.24 bits per heavy atom. The fraction of sp³-hybridized carbons (Fsp3) is 0.471. The first-order valence-corrected chi connectivity index (χ1v) is 7.63. The second kappa shape index (κ2) is 5.90. The smallest absolute Gasteiger partial charge is 0.223 e. The number of likely N-dealkylation sites (tertiary alicyclic amines) is 1. The van der Waals surface area contributed by atoms with Crippen molar-refractivity contribution in [2.75, 3.05) is 19.7 Å². The van der Waals surface area contributed by atoms with E-state index in [0.29, 0.717) is 6.42 Å². The summed E-state index contributed by atoms with van der Waals surface area (Å²) in [6.45, 7) is 6.31. The van der Waals surface area contributed by atoms with Gasteiger partial charge in [-0.25, -0.2) is 0 Å². The Hall–Kier alpha value is -1.81. The summed E-state index contributed by atoms with van der Waals surface area (Å²) in [5, 5.41) is 1.23. The average molecular weight is 286 g/mol. The maximum atomic E-state index is 12.1. The number of hydrogen-bond acceptors (Lipinski definition) is 2. The summed E-state index contributed by atoms with van der Waals surface area (Å²) in [6, 6.07) is 6.38. The van der Waals surface area contributed by atoms with E-state index < -0.39 is 0 Å². The van der Waals surface area contributed by atoms with Crippen LogP contribution in [0, 0.1) is 6.92 Å². The zero-order chi connectivity index (χ0) is 14.8. The van der Waals surface area contributed by atoms with Crippen LogP contribution in [0.3, 0.4) is 0 Å². The van der Waals surface area contributed by atoms with E-state index in [0.717, 1.165) is 31.6 Å². The van der Waals surface area contributed by atoms with Crippen LogP contribution in [-0.2, 0) is 16.0 Å². The van der Waals surface area contributed by atoms with Gasteiger partial charge in [-0.3, -0.25) is 4.79 Å². The van der Waals surface area contributed by atoms with Crippen LogP contribution in [0.1, 0.15) is 24.5 Å². The molecule has 0 atom stereocenters. The molecule has 112 valence electrons. The van der Waals surface area contributed by atoms with E-state index >= 15 is 0 Å². The molecule has 1 amide bonds. The highest BCUT2D eigenvalue weighted by molar-refractivity contribution is 5.85. The molecule has 2 heterocycles. The van der Waals surface area contributed by atoms with Crippen molar-refractivity contribution in [2.24, 2.45) is 0 Å². The van der Waals surface area contributed by atoms with Crippen molar-refractivity contribution in [2.45, 2.75) is 32.8 Å². The van der Waals surface area contributed by atoms with Crippen LogP contribution in [0.2, 0.25) is 0 Å². The van der Waals surface area contributed by atoms with Crippen LogP contribution in [0.5, 0.6) is 0 Å². The van der Waals surface area contributed by atoms with Crippen LogP contribution in [0.15, 0.2) is 24.4 Å². The molecule has 0 spiro atoms. The van der Waals surface area contributed by atoms with Gasteiger partial charge in [0.1, 0.15) is 0 Å². The number of hydrogen-bond donors (Lipinski definition) is 1. The SMILES string of the molecule is CCOC1CN(C(=O)CCc2c[nH]c3ccc(C)cc23)C1. The summed E-state index contributed by atoms with van der Waals surface area (Å²) >= 11 is 0. The molecule has 2 aromatic rings. The maximum absolute atomic E-state index is 12.1. The molecule has 4 heteroatoms. The second-order valence-corrected chi connectivity index (χ2v) is 5.74. The number of fused-ring (bicyclic) bond motifs is 1. The fourth-order valence-corrected chi connectivity index (χ4v) is 2.88. The third-order valence-electron chi connectivity index (χ3n) is 4.13. The largest absolute Gasteiger partial charge is 0.375 e. The number of aryl methyl sites for hydroxylation is 2. The summed E-state index contributed by atoms with van der Waals surface area (Å²) in [4.78, 5) is 17.3. The molecule has 21 heavy (non-hydrogen) atoms. The van der Waals surface area contributed by atoms with Gasteiger partial charge in [0.2, 0.25) is 5.91 Å². The summed E-state index contributed by atoms with van der Waals surface area (Å²) in [7, 11) is 0. The molecule has 3 rings (SSSR count). The van der Waals surface area contributed by atoms with Gasteiger partial charge >= 0.3 is 0 Å². The molecule has 1 aromatic carbocycles. The molecule has 4 nitrogen and oxygen atoms in total. The Balaban J connectivity index is 1.57. The number of carbonyl (C=O) groups excluding carboxylic acids is 1.